The van der Waals surface area contributed by atoms with E-state index < -0.39 is 0 Å². The highest BCUT2D eigenvalue weighted by molar-refractivity contribution is 6.05. The van der Waals surface area contributed by atoms with Crippen molar-refractivity contribution < 1.29 is 9.59 Å². The van der Waals surface area contributed by atoms with E-state index >= 15 is 0 Å². The second-order valence-electron chi connectivity index (χ2n) is 5.90. The first-order valence-corrected chi connectivity index (χ1v) is 8.28. The van der Waals surface area contributed by atoms with E-state index in [2.05, 4.69) is 15.6 Å². The van der Waals surface area contributed by atoms with Gasteiger partial charge in [0, 0.05) is 23.0 Å². The van der Waals surface area contributed by atoms with Gasteiger partial charge in [0.15, 0.2) is 0 Å². The molecule has 0 saturated heterocycles. The molecule has 3 rings (SSSR count). The minimum atomic E-state index is -0.212. The molecule has 5 heteroatoms. The van der Waals surface area contributed by atoms with Gasteiger partial charge in [0.2, 0.25) is 0 Å². The highest BCUT2D eigenvalue weighted by Crippen LogP contribution is 2.12. The molecule has 2 amide bonds. The zero-order valence-electron chi connectivity index (χ0n) is 14.4. The maximum atomic E-state index is 12.3. The van der Waals surface area contributed by atoms with Crippen LogP contribution in [-0.2, 0) is 6.54 Å². The normalized spacial score (nSPS) is 10.2. The summed E-state index contributed by atoms with van der Waals surface area (Å²) in [5.41, 5.74) is 3.59. The Hall–Kier alpha value is -3.47. The highest BCUT2D eigenvalue weighted by atomic mass is 16.2. The van der Waals surface area contributed by atoms with E-state index in [1.165, 1.54) is 0 Å². The number of aryl methyl sites for hydroxylation is 1. The highest BCUT2D eigenvalue weighted by Gasteiger charge is 2.09. The average molecular weight is 345 g/mol. The van der Waals surface area contributed by atoms with E-state index in [9.17, 15) is 9.59 Å². The predicted octanol–water partition coefficient (Wildman–Crippen LogP) is 3.57. The van der Waals surface area contributed by atoms with Gasteiger partial charge in [-0.15, -0.1) is 0 Å². The minimum absolute atomic E-state index is 0.207. The Morgan fingerprint density at radius 1 is 0.885 bits per heavy atom. The molecule has 1 aromatic heterocycles. The Kier molecular flexibility index (Phi) is 5.39. The van der Waals surface area contributed by atoms with E-state index in [0.717, 1.165) is 16.9 Å². The largest absolute Gasteiger partial charge is 0.346 e. The molecular weight excluding hydrogens is 326 g/mol. The van der Waals surface area contributed by atoms with Crippen molar-refractivity contribution in [1.29, 1.82) is 0 Å². The number of rotatable bonds is 5. The Morgan fingerprint density at radius 3 is 2.27 bits per heavy atom. The van der Waals surface area contributed by atoms with Gasteiger partial charge in [0.1, 0.15) is 0 Å². The van der Waals surface area contributed by atoms with Gasteiger partial charge in [0.25, 0.3) is 11.8 Å². The fourth-order valence-corrected chi connectivity index (χ4v) is 2.47. The SMILES string of the molecule is Cc1cccc(NC(=O)c2ccc(C(=O)NCc3ccccn3)cc2)c1. The van der Waals surface area contributed by atoms with Crippen LogP contribution in [0.4, 0.5) is 5.69 Å². The summed E-state index contributed by atoms with van der Waals surface area (Å²) in [7, 11) is 0. The number of pyridine rings is 1. The van der Waals surface area contributed by atoms with E-state index in [1.807, 2.05) is 49.4 Å². The first-order valence-electron chi connectivity index (χ1n) is 8.28. The molecule has 0 aliphatic heterocycles. The summed E-state index contributed by atoms with van der Waals surface area (Å²) in [5, 5.41) is 5.65. The van der Waals surface area contributed by atoms with Crippen LogP contribution in [0.15, 0.2) is 72.9 Å². The molecule has 5 nitrogen and oxygen atoms in total. The minimum Gasteiger partial charge on any atom is -0.346 e. The number of nitrogens with zero attached hydrogens (tertiary/aromatic N) is 1. The van der Waals surface area contributed by atoms with E-state index in [0.29, 0.717) is 17.7 Å². The molecule has 0 aliphatic rings. The first kappa shape index (κ1) is 17.4. The molecule has 0 unspecified atom stereocenters. The fourth-order valence-electron chi connectivity index (χ4n) is 2.47. The molecule has 26 heavy (non-hydrogen) atoms. The number of anilines is 1. The third-order valence-corrected chi connectivity index (χ3v) is 3.84. The van der Waals surface area contributed by atoms with Crippen LogP contribution in [0.2, 0.25) is 0 Å². The van der Waals surface area contributed by atoms with Gasteiger partial charge in [-0.25, -0.2) is 0 Å². The summed E-state index contributed by atoms with van der Waals surface area (Å²) in [6, 6.07) is 19.7. The van der Waals surface area contributed by atoms with Crippen molar-refractivity contribution >= 4 is 17.5 Å². The maximum absolute atomic E-state index is 12.3. The van der Waals surface area contributed by atoms with Gasteiger partial charge in [-0.2, -0.15) is 0 Å². The number of carbonyl (C=O) groups is 2. The lowest BCUT2D eigenvalue weighted by molar-refractivity contribution is 0.0948. The Balaban J connectivity index is 1.60. The van der Waals surface area contributed by atoms with Gasteiger partial charge >= 0.3 is 0 Å². The Morgan fingerprint density at radius 2 is 1.62 bits per heavy atom. The van der Waals surface area contributed by atoms with Gasteiger partial charge < -0.3 is 10.6 Å². The summed E-state index contributed by atoms with van der Waals surface area (Å²) in [6.45, 7) is 2.32. The first-order chi connectivity index (χ1) is 12.6. The van der Waals surface area contributed by atoms with Crippen LogP contribution in [0.1, 0.15) is 32.0 Å². The van der Waals surface area contributed by atoms with Gasteiger partial charge in [-0.1, -0.05) is 18.2 Å². The molecule has 2 aromatic carbocycles. The number of amides is 2. The van der Waals surface area contributed by atoms with Crippen LogP contribution in [0, 0.1) is 6.92 Å². The van der Waals surface area contributed by atoms with Crippen LogP contribution in [0.3, 0.4) is 0 Å². The second-order valence-corrected chi connectivity index (χ2v) is 5.90. The number of nitrogens with one attached hydrogen (secondary N) is 2. The second kappa shape index (κ2) is 8.07. The molecule has 0 atom stereocenters. The standard InChI is InChI=1S/C21H19N3O2/c1-15-5-4-7-18(13-15)24-21(26)17-10-8-16(9-11-17)20(25)23-14-19-6-2-3-12-22-19/h2-13H,14H2,1H3,(H,23,25)(H,24,26). The van der Waals surface area contributed by atoms with Crippen LogP contribution in [0.5, 0.6) is 0 Å². The molecule has 0 spiro atoms. The molecular formula is C21H19N3O2. The lowest BCUT2D eigenvalue weighted by Gasteiger charge is -2.08. The molecule has 3 aromatic rings. The zero-order chi connectivity index (χ0) is 18.4. The van der Waals surface area contributed by atoms with Gasteiger partial charge in [-0.05, 0) is 61.0 Å². The van der Waals surface area contributed by atoms with Gasteiger partial charge in [0.05, 0.1) is 12.2 Å². The summed E-state index contributed by atoms with van der Waals surface area (Å²) in [5.74, 6) is -0.419. The third-order valence-electron chi connectivity index (χ3n) is 3.84. The van der Waals surface area contributed by atoms with Gasteiger partial charge in [-0.3, -0.25) is 14.6 Å². The maximum Gasteiger partial charge on any atom is 0.255 e. The number of benzene rings is 2. The third kappa shape index (κ3) is 4.54. The van der Waals surface area contributed by atoms with Crippen LogP contribution < -0.4 is 10.6 Å². The molecule has 0 fully saturated rings. The predicted molar refractivity (Wildman–Crippen MR) is 101 cm³/mol. The quantitative estimate of drug-likeness (QED) is 0.742. The van der Waals surface area contributed by atoms with Crippen molar-refractivity contribution in [2.45, 2.75) is 13.5 Å². The van der Waals surface area contributed by atoms with Crippen molar-refractivity contribution in [2.75, 3.05) is 5.32 Å². The van der Waals surface area contributed by atoms with Crippen LogP contribution in [0.25, 0.3) is 0 Å². The lowest BCUT2D eigenvalue weighted by atomic mass is 10.1. The fraction of sp³-hybridized carbons (Fsp3) is 0.0952. The van der Waals surface area contributed by atoms with Crippen molar-refractivity contribution in [1.82, 2.24) is 10.3 Å². The molecule has 0 saturated carbocycles. The van der Waals surface area contributed by atoms with Crippen molar-refractivity contribution in [3.05, 3.63) is 95.3 Å². The van der Waals surface area contributed by atoms with E-state index in [1.54, 1.807) is 30.5 Å². The number of aromatic nitrogens is 1. The molecule has 0 aliphatic carbocycles. The summed E-state index contributed by atoms with van der Waals surface area (Å²) in [6.07, 6.45) is 1.68. The Bertz CT molecular complexity index is 906. The van der Waals surface area contributed by atoms with Crippen molar-refractivity contribution in [3.8, 4) is 0 Å². The number of hydrogen-bond acceptors (Lipinski definition) is 3. The van der Waals surface area contributed by atoms with E-state index in [4.69, 9.17) is 0 Å². The van der Waals surface area contributed by atoms with Crippen molar-refractivity contribution in [3.63, 3.8) is 0 Å². The molecule has 0 bridgehead atoms. The zero-order valence-corrected chi connectivity index (χ0v) is 14.4. The molecule has 2 N–H and O–H groups in total. The van der Waals surface area contributed by atoms with Crippen molar-refractivity contribution in [2.24, 2.45) is 0 Å². The summed E-state index contributed by atoms with van der Waals surface area (Å²) >= 11 is 0. The monoisotopic (exact) mass is 345 g/mol. The number of hydrogen-bond donors (Lipinski definition) is 2. The number of carbonyl (C=O) groups excluding carboxylic acids is 2. The smallest absolute Gasteiger partial charge is 0.255 e. The molecule has 1 heterocycles. The summed E-state index contributed by atoms with van der Waals surface area (Å²) < 4.78 is 0. The Labute approximate surface area is 152 Å². The molecule has 0 radical (unpaired) electrons. The topological polar surface area (TPSA) is 71.1 Å². The molecule has 130 valence electrons. The lowest BCUT2D eigenvalue weighted by Crippen LogP contribution is -2.23. The van der Waals surface area contributed by atoms with Crippen LogP contribution in [-0.4, -0.2) is 16.8 Å². The van der Waals surface area contributed by atoms with E-state index in [-0.39, 0.29) is 11.8 Å². The average Bonchev–Trinajstić information content (AvgIpc) is 2.67. The summed E-state index contributed by atoms with van der Waals surface area (Å²) in [4.78, 5) is 28.6. The van der Waals surface area contributed by atoms with Crippen LogP contribution >= 0.6 is 0 Å².